The quantitative estimate of drug-likeness (QED) is 0.446. The second-order valence-electron chi connectivity index (χ2n) is 5.82. The standard InChI is InChI=1S/C19H22ClNO3S/c20-16-8-4-3-7-15(16)11-13-21(19(23)24)12-5-1-2-9-17(22)18-10-6-14-25-18/h3-4,6-8,10,14H,1-2,5,9,11-13H2,(H,23,24). The number of rotatable bonds is 10. The fraction of sp³-hybridized carbons (Fsp3) is 0.368. The molecule has 0 unspecified atom stereocenters. The van der Waals surface area contributed by atoms with Crippen molar-refractivity contribution in [2.75, 3.05) is 13.1 Å². The molecule has 134 valence electrons. The number of unbranched alkanes of at least 4 members (excludes halogenated alkanes) is 2. The molecule has 1 aromatic carbocycles. The highest BCUT2D eigenvalue weighted by molar-refractivity contribution is 7.12. The lowest BCUT2D eigenvalue weighted by Gasteiger charge is -2.19. The predicted octanol–water partition coefficient (Wildman–Crippen LogP) is 5.37. The molecular formula is C19H22ClNO3S. The van der Waals surface area contributed by atoms with Gasteiger partial charge in [-0.2, -0.15) is 0 Å². The maximum absolute atomic E-state index is 11.9. The van der Waals surface area contributed by atoms with Gasteiger partial charge in [-0.3, -0.25) is 4.79 Å². The van der Waals surface area contributed by atoms with E-state index in [-0.39, 0.29) is 5.78 Å². The van der Waals surface area contributed by atoms with Gasteiger partial charge in [0.2, 0.25) is 0 Å². The number of amides is 1. The first kappa shape index (κ1) is 19.5. The van der Waals surface area contributed by atoms with E-state index in [2.05, 4.69) is 0 Å². The molecule has 1 N–H and O–H groups in total. The first-order chi connectivity index (χ1) is 12.1. The average Bonchev–Trinajstić information content (AvgIpc) is 3.12. The summed E-state index contributed by atoms with van der Waals surface area (Å²) in [5.41, 5.74) is 0.956. The van der Waals surface area contributed by atoms with Gasteiger partial charge in [0.1, 0.15) is 0 Å². The van der Waals surface area contributed by atoms with Crippen molar-refractivity contribution in [3.63, 3.8) is 0 Å². The minimum atomic E-state index is -0.915. The van der Waals surface area contributed by atoms with E-state index in [1.54, 1.807) is 0 Å². The van der Waals surface area contributed by atoms with Gasteiger partial charge in [0.05, 0.1) is 4.88 Å². The summed E-state index contributed by atoms with van der Waals surface area (Å²) in [7, 11) is 0. The van der Waals surface area contributed by atoms with Crippen molar-refractivity contribution in [3.05, 3.63) is 57.2 Å². The van der Waals surface area contributed by atoms with Gasteiger partial charge in [-0.15, -0.1) is 11.3 Å². The maximum atomic E-state index is 11.9. The molecule has 2 rings (SSSR count). The average molecular weight is 380 g/mol. The van der Waals surface area contributed by atoms with Gasteiger partial charge in [0.15, 0.2) is 5.78 Å². The third-order valence-electron chi connectivity index (χ3n) is 4.01. The van der Waals surface area contributed by atoms with Crippen molar-refractivity contribution in [1.29, 1.82) is 0 Å². The van der Waals surface area contributed by atoms with E-state index < -0.39 is 6.09 Å². The Morgan fingerprint density at radius 3 is 2.52 bits per heavy atom. The Balaban J connectivity index is 1.68. The van der Waals surface area contributed by atoms with Gasteiger partial charge in [0.25, 0.3) is 0 Å². The number of ketones is 1. The Hall–Kier alpha value is -1.85. The summed E-state index contributed by atoms with van der Waals surface area (Å²) < 4.78 is 0. The lowest BCUT2D eigenvalue weighted by atomic mass is 10.1. The van der Waals surface area contributed by atoms with E-state index in [1.807, 2.05) is 41.8 Å². The molecular weight excluding hydrogens is 358 g/mol. The van der Waals surface area contributed by atoms with Crippen LogP contribution in [0.5, 0.6) is 0 Å². The molecule has 0 radical (unpaired) electrons. The third-order valence-corrected chi connectivity index (χ3v) is 5.29. The molecule has 2 aromatic rings. The van der Waals surface area contributed by atoms with E-state index in [1.165, 1.54) is 16.2 Å². The van der Waals surface area contributed by atoms with Crippen molar-refractivity contribution >= 4 is 34.8 Å². The summed E-state index contributed by atoms with van der Waals surface area (Å²) in [6.07, 6.45) is 2.59. The smallest absolute Gasteiger partial charge is 0.407 e. The molecule has 1 aromatic heterocycles. The number of hydrogen-bond donors (Lipinski definition) is 1. The molecule has 4 nitrogen and oxygen atoms in total. The minimum absolute atomic E-state index is 0.170. The van der Waals surface area contributed by atoms with Crippen molar-refractivity contribution in [2.45, 2.75) is 32.1 Å². The van der Waals surface area contributed by atoms with Crippen LogP contribution in [0.25, 0.3) is 0 Å². The van der Waals surface area contributed by atoms with Crippen LogP contribution in [0.2, 0.25) is 5.02 Å². The minimum Gasteiger partial charge on any atom is -0.465 e. The van der Waals surface area contributed by atoms with Crippen LogP contribution in [-0.4, -0.2) is 35.0 Å². The Morgan fingerprint density at radius 2 is 1.84 bits per heavy atom. The highest BCUT2D eigenvalue weighted by atomic mass is 35.5. The molecule has 0 aliphatic carbocycles. The van der Waals surface area contributed by atoms with Gasteiger partial charge in [-0.1, -0.05) is 42.3 Å². The van der Waals surface area contributed by atoms with Crippen molar-refractivity contribution in [3.8, 4) is 0 Å². The van der Waals surface area contributed by atoms with Crippen LogP contribution in [0.1, 0.15) is 40.9 Å². The van der Waals surface area contributed by atoms with E-state index in [4.69, 9.17) is 11.6 Å². The normalized spacial score (nSPS) is 10.6. The molecule has 0 bridgehead atoms. The highest BCUT2D eigenvalue weighted by Crippen LogP contribution is 2.16. The number of carbonyl (C=O) groups excluding carboxylic acids is 1. The molecule has 1 heterocycles. The molecule has 1 amide bonds. The van der Waals surface area contributed by atoms with Crippen LogP contribution in [0.3, 0.4) is 0 Å². The van der Waals surface area contributed by atoms with Crippen LogP contribution < -0.4 is 0 Å². The van der Waals surface area contributed by atoms with E-state index in [9.17, 15) is 14.7 Å². The molecule has 0 spiro atoms. The number of carboxylic acid groups (broad SMARTS) is 1. The lowest BCUT2D eigenvalue weighted by Crippen LogP contribution is -2.32. The number of hydrogen-bond acceptors (Lipinski definition) is 3. The fourth-order valence-electron chi connectivity index (χ4n) is 2.59. The number of carbonyl (C=O) groups is 2. The van der Waals surface area contributed by atoms with E-state index >= 15 is 0 Å². The molecule has 0 saturated carbocycles. The van der Waals surface area contributed by atoms with Crippen LogP contribution in [0.4, 0.5) is 4.79 Å². The van der Waals surface area contributed by atoms with Gasteiger partial charge < -0.3 is 10.0 Å². The zero-order valence-electron chi connectivity index (χ0n) is 14.0. The van der Waals surface area contributed by atoms with E-state index in [0.29, 0.717) is 31.0 Å². The number of thiophene rings is 1. The summed E-state index contributed by atoms with van der Waals surface area (Å²) >= 11 is 7.57. The predicted molar refractivity (Wildman–Crippen MR) is 102 cm³/mol. The second-order valence-corrected chi connectivity index (χ2v) is 7.18. The number of nitrogens with zero attached hydrogens (tertiary/aromatic N) is 1. The molecule has 0 atom stereocenters. The highest BCUT2D eigenvalue weighted by Gasteiger charge is 2.12. The van der Waals surface area contributed by atoms with Crippen molar-refractivity contribution in [1.82, 2.24) is 4.90 Å². The maximum Gasteiger partial charge on any atom is 0.407 e. The van der Waals surface area contributed by atoms with Gasteiger partial charge >= 0.3 is 6.09 Å². The molecule has 0 aliphatic heterocycles. The van der Waals surface area contributed by atoms with Gasteiger partial charge in [-0.05, 0) is 42.3 Å². The number of Topliss-reactive ketones (excluding diaryl/α,β-unsaturated/α-hetero) is 1. The van der Waals surface area contributed by atoms with Crippen molar-refractivity contribution in [2.24, 2.45) is 0 Å². The zero-order chi connectivity index (χ0) is 18.1. The largest absolute Gasteiger partial charge is 0.465 e. The Kier molecular flexibility index (Phi) is 7.95. The first-order valence-electron chi connectivity index (χ1n) is 8.36. The Bertz CT molecular complexity index is 688. The third kappa shape index (κ3) is 6.52. The second kappa shape index (κ2) is 10.2. The summed E-state index contributed by atoms with van der Waals surface area (Å²) in [5.74, 6) is 0.170. The molecule has 6 heteroatoms. The summed E-state index contributed by atoms with van der Waals surface area (Å²) in [6.45, 7) is 0.903. The van der Waals surface area contributed by atoms with Crippen LogP contribution in [-0.2, 0) is 6.42 Å². The fourth-order valence-corrected chi connectivity index (χ4v) is 3.51. The lowest BCUT2D eigenvalue weighted by molar-refractivity contribution is 0.0981. The van der Waals surface area contributed by atoms with Crippen LogP contribution in [0, 0.1) is 0 Å². The van der Waals surface area contributed by atoms with Gasteiger partial charge in [-0.25, -0.2) is 4.79 Å². The topological polar surface area (TPSA) is 57.6 Å². The molecule has 0 fully saturated rings. The van der Waals surface area contributed by atoms with Crippen LogP contribution >= 0.6 is 22.9 Å². The Labute approximate surface area is 157 Å². The SMILES string of the molecule is O=C(CCCCCN(CCc1ccccc1Cl)C(=O)O)c1cccs1. The monoisotopic (exact) mass is 379 g/mol. The summed E-state index contributed by atoms with van der Waals surface area (Å²) in [5, 5.41) is 11.9. The van der Waals surface area contributed by atoms with Crippen molar-refractivity contribution < 1.29 is 14.7 Å². The Morgan fingerprint density at radius 1 is 1.04 bits per heavy atom. The zero-order valence-corrected chi connectivity index (χ0v) is 15.6. The number of benzene rings is 1. The number of halogens is 1. The first-order valence-corrected chi connectivity index (χ1v) is 9.61. The molecule has 0 aliphatic rings. The molecule has 25 heavy (non-hydrogen) atoms. The van der Waals surface area contributed by atoms with E-state index in [0.717, 1.165) is 29.7 Å². The summed E-state index contributed by atoms with van der Waals surface area (Å²) in [4.78, 5) is 25.5. The van der Waals surface area contributed by atoms with Gasteiger partial charge in [0, 0.05) is 24.5 Å². The van der Waals surface area contributed by atoms with Crippen LogP contribution in [0.15, 0.2) is 41.8 Å². The summed E-state index contributed by atoms with van der Waals surface area (Å²) in [6, 6.07) is 11.2. The molecule has 0 saturated heterocycles.